The molecule has 0 amide bonds. The number of methoxy groups -OCH3 is 1. The molecule has 1 atom stereocenters. The Morgan fingerprint density at radius 2 is 1.76 bits per heavy atom. The molecular formula is C18H29NO2. The van der Waals surface area contributed by atoms with Crippen molar-refractivity contribution in [3.8, 4) is 0 Å². The van der Waals surface area contributed by atoms with Gasteiger partial charge in [0.2, 0.25) is 0 Å². The first kappa shape index (κ1) is 16.5. The number of hydrogen-bond donors (Lipinski definition) is 1. The van der Waals surface area contributed by atoms with Crippen molar-refractivity contribution < 1.29 is 9.47 Å². The van der Waals surface area contributed by atoms with Crippen molar-refractivity contribution in [3.63, 3.8) is 0 Å². The molecule has 0 radical (unpaired) electrons. The van der Waals surface area contributed by atoms with E-state index < -0.39 is 0 Å². The van der Waals surface area contributed by atoms with Gasteiger partial charge in [-0.05, 0) is 23.0 Å². The maximum absolute atomic E-state index is 6.47. The second-order valence-corrected chi connectivity index (χ2v) is 7.14. The van der Waals surface area contributed by atoms with Crippen LogP contribution in [-0.4, -0.2) is 32.0 Å². The molecule has 0 aromatic heterocycles. The average molecular weight is 291 g/mol. The molecule has 1 unspecified atom stereocenters. The molecule has 3 nitrogen and oxygen atoms in total. The molecule has 3 heteroatoms. The Bertz CT molecular complexity index is 441. The maximum atomic E-state index is 6.47. The van der Waals surface area contributed by atoms with Crippen LogP contribution in [0.3, 0.4) is 0 Å². The van der Waals surface area contributed by atoms with Crippen molar-refractivity contribution in [1.82, 2.24) is 0 Å². The first-order chi connectivity index (χ1) is 9.87. The van der Waals surface area contributed by atoms with Crippen molar-refractivity contribution in [1.29, 1.82) is 0 Å². The molecule has 1 heterocycles. The Kier molecular flexibility index (Phi) is 5.07. The van der Waals surface area contributed by atoms with Crippen LogP contribution in [0.15, 0.2) is 24.3 Å². The van der Waals surface area contributed by atoms with Crippen molar-refractivity contribution >= 4 is 0 Å². The number of benzene rings is 1. The van der Waals surface area contributed by atoms with E-state index >= 15 is 0 Å². The third-order valence-electron chi connectivity index (χ3n) is 4.70. The molecular weight excluding hydrogens is 262 g/mol. The summed E-state index contributed by atoms with van der Waals surface area (Å²) in [6, 6.07) is 8.83. The van der Waals surface area contributed by atoms with Crippen LogP contribution in [0.2, 0.25) is 0 Å². The second-order valence-electron chi connectivity index (χ2n) is 7.14. The van der Waals surface area contributed by atoms with Crippen LogP contribution in [0.25, 0.3) is 0 Å². The number of nitrogens with two attached hydrogens (primary N) is 1. The molecule has 118 valence electrons. The summed E-state index contributed by atoms with van der Waals surface area (Å²) >= 11 is 0. The van der Waals surface area contributed by atoms with Gasteiger partial charge < -0.3 is 15.2 Å². The quantitative estimate of drug-likeness (QED) is 0.927. The van der Waals surface area contributed by atoms with Crippen LogP contribution in [0, 0.1) is 0 Å². The highest BCUT2D eigenvalue weighted by Crippen LogP contribution is 2.29. The van der Waals surface area contributed by atoms with Gasteiger partial charge in [-0.2, -0.15) is 0 Å². The Morgan fingerprint density at radius 3 is 2.24 bits per heavy atom. The van der Waals surface area contributed by atoms with E-state index in [0.29, 0.717) is 0 Å². The summed E-state index contributed by atoms with van der Waals surface area (Å²) in [6.07, 6.45) is 2.60. The summed E-state index contributed by atoms with van der Waals surface area (Å²) in [7, 11) is 1.77. The molecule has 1 fully saturated rings. The molecule has 2 N–H and O–H groups in total. The van der Waals surface area contributed by atoms with E-state index in [9.17, 15) is 0 Å². The fourth-order valence-electron chi connectivity index (χ4n) is 3.02. The molecule has 1 aliphatic heterocycles. The predicted molar refractivity (Wildman–Crippen MR) is 86.6 cm³/mol. The lowest BCUT2D eigenvalue weighted by Gasteiger charge is -2.40. The highest BCUT2D eigenvalue weighted by atomic mass is 16.5. The van der Waals surface area contributed by atoms with E-state index in [0.717, 1.165) is 32.5 Å². The zero-order valence-electron chi connectivity index (χ0n) is 13.8. The lowest BCUT2D eigenvalue weighted by atomic mass is 9.82. The van der Waals surface area contributed by atoms with Crippen molar-refractivity contribution in [2.75, 3.05) is 20.3 Å². The Hall–Kier alpha value is -0.900. The van der Waals surface area contributed by atoms with Crippen LogP contribution in [0.4, 0.5) is 0 Å². The van der Waals surface area contributed by atoms with Crippen LogP contribution < -0.4 is 5.73 Å². The number of rotatable bonds is 4. The molecule has 1 aromatic carbocycles. The summed E-state index contributed by atoms with van der Waals surface area (Å²) in [5, 5.41) is 0. The van der Waals surface area contributed by atoms with Gasteiger partial charge in [-0.3, -0.25) is 0 Å². The summed E-state index contributed by atoms with van der Waals surface area (Å²) < 4.78 is 11.2. The molecule has 1 aromatic rings. The summed E-state index contributed by atoms with van der Waals surface area (Å²) in [5.41, 5.74) is 9.05. The van der Waals surface area contributed by atoms with E-state index in [2.05, 4.69) is 45.0 Å². The van der Waals surface area contributed by atoms with E-state index in [1.54, 1.807) is 7.11 Å². The second kappa shape index (κ2) is 6.47. The molecule has 0 saturated carbocycles. The van der Waals surface area contributed by atoms with Gasteiger partial charge in [-0.1, -0.05) is 45.0 Å². The first-order valence-electron chi connectivity index (χ1n) is 7.85. The lowest BCUT2D eigenvalue weighted by molar-refractivity contribution is -0.103. The van der Waals surface area contributed by atoms with Crippen LogP contribution in [0.5, 0.6) is 0 Å². The Labute approximate surface area is 128 Å². The molecule has 0 spiro atoms. The Morgan fingerprint density at radius 1 is 1.19 bits per heavy atom. The topological polar surface area (TPSA) is 44.5 Å². The third kappa shape index (κ3) is 3.85. The highest BCUT2D eigenvalue weighted by molar-refractivity contribution is 5.28. The highest BCUT2D eigenvalue weighted by Gasteiger charge is 2.38. The summed E-state index contributed by atoms with van der Waals surface area (Å²) in [4.78, 5) is 0. The predicted octanol–water partition coefficient (Wildman–Crippen LogP) is 3.05. The van der Waals surface area contributed by atoms with E-state index in [1.807, 2.05) is 0 Å². The van der Waals surface area contributed by atoms with Gasteiger partial charge in [-0.25, -0.2) is 0 Å². The van der Waals surface area contributed by atoms with Gasteiger partial charge in [0.25, 0.3) is 0 Å². The van der Waals surface area contributed by atoms with Gasteiger partial charge >= 0.3 is 0 Å². The van der Waals surface area contributed by atoms with E-state index in [4.69, 9.17) is 15.2 Å². The molecule has 21 heavy (non-hydrogen) atoms. The molecule has 1 aliphatic rings. The third-order valence-corrected chi connectivity index (χ3v) is 4.70. The van der Waals surface area contributed by atoms with Crippen LogP contribution in [-0.2, 0) is 21.3 Å². The van der Waals surface area contributed by atoms with Crippen LogP contribution >= 0.6 is 0 Å². The summed E-state index contributed by atoms with van der Waals surface area (Å²) in [5.74, 6) is 0. The van der Waals surface area contributed by atoms with Gasteiger partial charge in [0.05, 0.1) is 5.60 Å². The molecule has 0 bridgehead atoms. The van der Waals surface area contributed by atoms with Gasteiger partial charge in [0.15, 0.2) is 0 Å². The molecule has 0 aliphatic carbocycles. The lowest BCUT2D eigenvalue weighted by Crippen LogP contribution is -2.53. The minimum Gasteiger partial charge on any atom is -0.381 e. The fourth-order valence-corrected chi connectivity index (χ4v) is 3.02. The monoisotopic (exact) mass is 291 g/mol. The van der Waals surface area contributed by atoms with E-state index in [1.165, 1.54) is 11.1 Å². The SMILES string of the molecule is COC1(C(N)Cc2ccc(C(C)(C)C)cc2)CCOCC1. The largest absolute Gasteiger partial charge is 0.381 e. The first-order valence-corrected chi connectivity index (χ1v) is 7.85. The average Bonchev–Trinajstić information content (AvgIpc) is 2.47. The minimum atomic E-state index is -0.235. The minimum absolute atomic E-state index is 0.00638. The zero-order chi connectivity index (χ0) is 15.5. The van der Waals surface area contributed by atoms with Crippen LogP contribution in [0.1, 0.15) is 44.7 Å². The molecule has 1 saturated heterocycles. The van der Waals surface area contributed by atoms with Crippen molar-refractivity contribution in [3.05, 3.63) is 35.4 Å². The smallest absolute Gasteiger partial charge is 0.0875 e. The summed E-state index contributed by atoms with van der Waals surface area (Å²) in [6.45, 7) is 8.18. The van der Waals surface area contributed by atoms with Crippen molar-refractivity contribution in [2.45, 2.75) is 57.1 Å². The fraction of sp³-hybridized carbons (Fsp3) is 0.667. The van der Waals surface area contributed by atoms with E-state index in [-0.39, 0.29) is 17.1 Å². The normalized spacial score (nSPS) is 20.2. The van der Waals surface area contributed by atoms with Gasteiger partial charge in [0, 0.05) is 39.2 Å². The van der Waals surface area contributed by atoms with Gasteiger partial charge in [-0.15, -0.1) is 0 Å². The van der Waals surface area contributed by atoms with Gasteiger partial charge in [0.1, 0.15) is 0 Å². The zero-order valence-corrected chi connectivity index (χ0v) is 13.8. The number of ether oxygens (including phenoxy) is 2. The Balaban J connectivity index is 2.06. The number of hydrogen-bond acceptors (Lipinski definition) is 3. The van der Waals surface area contributed by atoms with Crippen molar-refractivity contribution in [2.24, 2.45) is 5.73 Å². The maximum Gasteiger partial charge on any atom is 0.0875 e. The standard InChI is InChI=1S/C18H29NO2/c1-17(2,3)15-7-5-14(6-8-15)13-16(19)18(20-4)9-11-21-12-10-18/h5-8,16H,9-13,19H2,1-4H3. The molecule has 2 rings (SSSR count).